The molecule has 6 nitrogen and oxygen atoms in total. The Labute approximate surface area is 132 Å². The van der Waals surface area contributed by atoms with Crippen molar-refractivity contribution in [2.45, 2.75) is 19.5 Å². The lowest BCUT2D eigenvalue weighted by Crippen LogP contribution is -2.34. The van der Waals surface area contributed by atoms with Gasteiger partial charge in [0.15, 0.2) is 0 Å². The highest BCUT2D eigenvalue weighted by molar-refractivity contribution is 5.78. The van der Waals surface area contributed by atoms with Crippen LogP contribution < -0.4 is 10.9 Å². The van der Waals surface area contributed by atoms with E-state index in [2.05, 4.69) is 15.3 Å². The van der Waals surface area contributed by atoms with Crippen molar-refractivity contribution in [1.29, 1.82) is 0 Å². The standard InChI is InChI=1S/C17H16N4O2/c1-12(13-5-3-2-4-6-13)20-16(22)10-21-11-19-15-9-18-8-7-14(15)17(21)23/h2-9,11-12H,10H2,1H3,(H,20,22). The minimum atomic E-state index is -0.250. The molecule has 1 amide bonds. The topological polar surface area (TPSA) is 76.9 Å². The molecular weight excluding hydrogens is 292 g/mol. The zero-order chi connectivity index (χ0) is 16.2. The van der Waals surface area contributed by atoms with Crippen molar-refractivity contribution in [3.63, 3.8) is 0 Å². The van der Waals surface area contributed by atoms with Gasteiger partial charge in [-0.1, -0.05) is 30.3 Å². The summed E-state index contributed by atoms with van der Waals surface area (Å²) in [6, 6.07) is 11.1. The summed E-state index contributed by atoms with van der Waals surface area (Å²) < 4.78 is 1.30. The molecule has 0 radical (unpaired) electrons. The van der Waals surface area contributed by atoms with Crippen molar-refractivity contribution >= 4 is 16.8 Å². The van der Waals surface area contributed by atoms with Gasteiger partial charge in [-0.25, -0.2) is 4.98 Å². The molecule has 1 N–H and O–H groups in total. The number of fused-ring (bicyclic) bond motifs is 1. The molecular formula is C17H16N4O2. The second-order valence-corrected chi connectivity index (χ2v) is 5.27. The number of hydrogen-bond acceptors (Lipinski definition) is 4. The first kappa shape index (κ1) is 14.9. The second-order valence-electron chi connectivity index (χ2n) is 5.27. The monoisotopic (exact) mass is 308 g/mol. The Morgan fingerprint density at radius 3 is 2.83 bits per heavy atom. The maximum Gasteiger partial charge on any atom is 0.261 e. The lowest BCUT2D eigenvalue weighted by Gasteiger charge is -2.14. The fraction of sp³-hybridized carbons (Fsp3) is 0.176. The molecule has 2 aromatic heterocycles. The molecule has 1 unspecified atom stereocenters. The zero-order valence-corrected chi connectivity index (χ0v) is 12.6. The van der Waals surface area contributed by atoms with E-state index < -0.39 is 0 Å². The average Bonchev–Trinajstić information content (AvgIpc) is 2.58. The SMILES string of the molecule is CC(NC(=O)Cn1cnc2cnccc2c1=O)c1ccccc1. The predicted molar refractivity (Wildman–Crippen MR) is 86.8 cm³/mol. The van der Waals surface area contributed by atoms with Gasteiger partial charge in [0.1, 0.15) is 6.54 Å². The Balaban J connectivity index is 1.76. The van der Waals surface area contributed by atoms with Crippen LogP contribution in [0.2, 0.25) is 0 Å². The van der Waals surface area contributed by atoms with Crippen LogP contribution in [0.5, 0.6) is 0 Å². The van der Waals surface area contributed by atoms with Crippen LogP contribution in [-0.4, -0.2) is 20.4 Å². The van der Waals surface area contributed by atoms with E-state index in [0.717, 1.165) is 5.56 Å². The van der Waals surface area contributed by atoms with Crippen LogP contribution in [-0.2, 0) is 11.3 Å². The number of nitrogens with one attached hydrogen (secondary N) is 1. The molecule has 0 aliphatic rings. The number of aromatic nitrogens is 3. The zero-order valence-electron chi connectivity index (χ0n) is 12.6. The van der Waals surface area contributed by atoms with Crippen LogP contribution in [0.25, 0.3) is 10.9 Å². The largest absolute Gasteiger partial charge is 0.348 e. The summed E-state index contributed by atoms with van der Waals surface area (Å²) in [7, 11) is 0. The highest BCUT2D eigenvalue weighted by Crippen LogP contribution is 2.10. The number of nitrogens with zero attached hydrogens (tertiary/aromatic N) is 3. The van der Waals surface area contributed by atoms with Crippen LogP contribution in [0.1, 0.15) is 18.5 Å². The van der Waals surface area contributed by atoms with E-state index in [4.69, 9.17) is 0 Å². The average molecular weight is 308 g/mol. The van der Waals surface area contributed by atoms with E-state index >= 15 is 0 Å². The molecule has 1 aromatic carbocycles. The lowest BCUT2D eigenvalue weighted by molar-refractivity contribution is -0.122. The van der Waals surface area contributed by atoms with E-state index in [0.29, 0.717) is 10.9 Å². The van der Waals surface area contributed by atoms with Gasteiger partial charge in [-0.3, -0.25) is 19.1 Å². The van der Waals surface area contributed by atoms with Gasteiger partial charge in [0.25, 0.3) is 5.56 Å². The molecule has 0 bridgehead atoms. The molecule has 0 saturated carbocycles. The molecule has 0 aliphatic carbocycles. The Kier molecular flexibility index (Phi) is 4.14. The van der Waals surface area contributed by atoms with Crippen molar-refractivity contribution in [3.8, 4) is 0 Å². The number of hydrogen-bond donors (Lipinski definition) is 1. The molecule has 2 heterocycles. The van der Waals surface area contributed by atoms with Crippen molar-refractivity contribution in [2.75, 3.05) is 0 Å². The van der Waals surface area contributed by atoms with E-state index in [9.17, 15) is 9.59 Å². The van der Waals surface area contributed by atoms with Crippen LogP contribution in [0.15, 0.2) is 59.9 Å². The quantitative estimate of drug-likeness (QED) is 0.795. The molecule has 1 atom stereocenters. The number of pyridine rings is 1. The first-order valence-corrected chi connectivity index (χ1v) is 7.28. The van der Waals surface area contributed by atoms with E-state index in [1.807, 2.05) is 37.3 Å². The summed E-state index contributed by atoms with van der Waals surface area (Å²) in [5, 5.41) is 3.33. The third kappa shape index (κ3) is 3.26. The number of carbonyl (C=O) groups excluding carboxylic acids is 1. The Bertz CT molecular complexity index is 890. The number of benzene rings is 1. The normalized spacial score (nSPS) is 12.0. The molecule has 23 heavy (non-hydrogen) atoms. The summed E-state index contributed by atoms with van der Waals surface area (Å²) in [6.07, 6.45) is 4.44. The number of amides is 1. The predicted octanol–water partition coefficient (Wildman–Crippen LogP) is 1.67. The van der Waals surface area contributed by atoms with Gasteiger partial charge >= 0.3 is 0 Å². The number of carbonyl (C=O) groups is 1. The number of rotatable bonds is 4. The molecule has 0 saturated heterocycles. The van der Waals surface area contributed by atoms with Crippen LogP contribution in [0.3, 0.4) is 0 Å². The lowest BCUT2D eigenvalue weighted by atomic mass is 10.1. The summed E-state index contributed by atoms with van der Waals surface area (Å²) in [5.74, 6) is -0.237. The summed E-state index contributed by atoms with van der Waals surface area (Å²) >= 11 is 0. The first-order chi connectivity index (χ1) is 11.1. The van der Waals surface area contributed by atoms with Crippen molar-refractivity contribution in [3.05, 3.63) is 71.0 Å². The van der Waals surface area contributed by atoms with Gasteiger partial charge in [-0.2, -0.15) is 0 Å². The first-order valence-electron chi connectivity index (χ1n) is 7.28. The molecule has 0 spiro atoms. The highest BCUT2D eigenvalue weighted by atomic mass is 16.2. The van der Waals surface area contributed by atoms with E-state index in [1.54, 1.807) is 6.07 Å². The summed E-state index contributed by atoms with van der Waals surface area (Å²) in [6.45, 7) is 1.83. The Morgan fingerprint density at radius 2 is 2.04 bits per heavy atom. The smallest absolute Gasteiger partial charge is 0.261 e. The van der Waals surface area contributed by atoms with E-state index in [-0.39, 0.29) is 24.1 Å². The van der Waals surface area contributed by atoms with Gasteiger partial charge in [0.05, 0.1) is 29.5 Å². The minimum Gasteiger partial charge on any atom is -0.348 e. The molecule has 6 heteroatoms. The molecule has 3 aromatic rings. The van der Waals surface area contributed by atoms with Crippen molar-refractivity contribution < 1.29 is 4.79 Å². The maximum absolute atomic E-state index is 12.3. The van der Waals surface area contributed by atoms with Gasteiger partial charge in [-0.15, -0.1) is 0 Å². The fourth-order valence-electron chi connectivity index (χ4n) is 2.39. The van der Waals surface area contributed by atoms with Crippen LogP contribution in [0.4, 0.5) is 0 Å². The van der Waals surface area contributed by atoms with Gasteiger partial charge < -0.3 is 5.32 Å². The van der Waals surface area contributed by atoms with Crippen molar-refractivity contribution in [2.24, 2.45) is 0 Å². The fourth-order valence-corrected chi connectivity index (χ4v) is 2.39. The van der Waals surface area contributed by atoms with E-state index in [1.165, 1.54) is 23.3 Å². The Morgan fingerprint density at radius 1 is 1.26 bits per heavy atom. The molecule has 0 fully saturated rings. The minimum absolute atomic E-state index is 0.0682. The Hall–Kier alpha value is -3.02. The molecule has 0 aliphatic heterocycles. The van der Waals surface area contributed by atoms with Gasteiger partial charge in [0, 0.05) is 6.20 Å². The van der Waals surface area contributed by atoms with Crippen LogP contribution >= 0.6 is 0 Å². The van der Waals surface area contributed by atoms with Crippen molar-refractivity contribution in [1.82, 2.24) is 19.9 Å². The summed E-state index contributed by atoms with van der Waals surface area (Å²) in [4.78, 5) is 32.6. The molecule has 116 valence electrons. The third-order valence-electron chi connectivity index (χ3n) is 3.62. The maximum atomic E-state index is 12.3. The second kappa shape index (κ2) is 6.39. The van der Waals surface area contributed by atoms with Crippen LogP contribution in [0, 0.1) is 0 Å². The van der Waals surface area contributed by atoms with Gasteiger partial charge in [0.2, 0.25) is 5.91 Å². The summed E-state index contributed by atoms with van der Waals surface area (Å²) in [5.41, 5.74) is 1.28. The van der Waals surface area contributed by atoms with Gasteiger partial charge in [-0.05, 0) is 18.6 Å². The molecule has 3 rings (SSSR count). The highest BCUT2D eigenvalue weighted by Gasteiger charge is 2.11. The third-order valence-corrected chi connectivity index (χ3v) is 3.62.